The van der Waals surface area contributed by atoms with Crippen molar-refractivity contribution in [1.29, 1.82) is 0 Å². The minimum atomic E-state index is -3.34. The molecule has 0 bridgehead atoms. The minimum absolute atomic E-state index is 0.125. The average molecular weight is 497 g/mol. The molecule has 1 N–H and O–H groups in total. The van der Waals surface area contributed by atoms with Crippen LogP contribution in [0, 0.1) is 0 Å². The molecule has 2 aromatic rings. The summed E-state index contributed by atoms with van der Waals surface area (Å²) in [5, 5.41) is 10.9. The summed E-state index contributed by atoms with van der Waals surface area (Å²) in [6.45, 7) is -0.144. The number of halogens is 1. The lowest BCUT2D eigenvalue weighted by molar-refractivity contribution is 0.0637. The van der Waals surface area contributed by atoms with Gasteiger partial charge in [-0.25, -0.2) is 13.2 Å². The zero-order chi connectivity index (χ0) is 22.0. The Labute approximate surface area is 185 Å². The fourth-order valence-corrected chi connectivity index (χ4v) is 3.80. The number of hydrogen-bond acceptors (Lipinski definition) is 6. The summed E-state index contributed by atoms with van der Waals surface area (Å²) in [7, 11) is -3.34. The van der Waals surface area contributed by atoms with Crippen LogP contribution in [0.25, 0.3) is 11.1 Å². The molecule has 0 saturated heterocycles. The highest BCUT2D eigenvalue weighted by Gasteiger charge is 2.16. The Hall–Kier alpha value is -2.16. The molecule has 0 aliphatic rings. The van der Waals surface area contributed by atoms with Crippen LogP contribution >= 0.6 is 15.9 Å². The molecule has 6 nitrogen and oxygen atoms in total. The zero-order valence-corrected chi connectivity index (χ0v) is 19.1. The Kier molecular flexibility index (Phi) is 9.55. The van der Waals surface area contributed by atoms with Crippen molar-refractivity contribution in [2.24, 2.45) is 0 Å². The Morgan fingerprint density at radius 2 is 1.57 bits per heavy atom. The van der Waals surface area contributed by atoms with E-state index in [2.05, 4.69) is 15.9 Å². The number of sulfone groups is 1. The maximum atomic E-state index is 12.0. The first-order valence-corrected chi connectivity index (χ1v) is 12.4. The van der Waals surface area contributed by atoms with Gasteiger partial charge in [-0.1, -0.05) is 58.4 Å². The van der Waals surface area contributed by atoms with E-state index >= 15 is 0 Å². The molecule has 0 aliphatic heterocycles. The number of aliphatic hydroxyl groups is 1. The fraction of sp³-hybridized carbons (Fsp3) is 0.318. The van der Waals surface area contributed by atoms with Gasteiger partial charge in [-0.15, -0.1) is 0 Å². The average Bonchev–Trinajstić information content (AvgIpc) is 2.74. The van der Waals surface area contributed by atoms with Crippen LogP contribution in [0.3, 0.4) is 0 Å². The van der Waals surface area contributed by atoms with Gasteiger partial charge in [0.2, 0.25) is 0 Å². The Bertz CT molecular complexity index is 953. The molecule has 0 amide bonds. The van der Waals surface area contributed by atoms with Crippen molar-refractivity contribution in [3.05, 3.63) is 65.7 Å². The highest BCUT2D eigenvalue weighted by atomic mass is 79.9. The topological polar surface area (TPSA) is 89.9 Å². The number of ether oxygens (including phenoxy) is 2. The number of aliphatic hydroxyl groups excluding tert-OH is 1. The van der Waals surface area contributed by atoms with Gasteiger partial charge < -0.3 is 14.6 Å². The van der Waals surface area contributed by atoms with Crippen molar-refractivity contribution < 1.29 is 27.8 Å². The molecule has 0 fully saturated rings. The molecule has 162 valence electrons. The summed E-state index contributed by atoms with van der Waals surface area (Å²) in [5.41, 5.74) is 2.56. The van der Waals surface area contributed by atoms with Gasteiger partial charge in [0.05, 0.1) is 18.1 Å². The van der Waals surface area contributed by atoms with Crippen LogP contribution in [0.4, 0.5) is 4.79 Å². The number of unbranched alkanes of at least 4 members (excludes halogenated alkanes) is 1. The summed E-state index contributed by atoms with van der Waals surface area (Å²) in [5.74, 6) is 0. The van der Waals surface area contributed by atoms with Crippen LogP contribution in [-0.2, 0) is 19.3 Å². The van der Waals surface area contributed by atoms with Gasteiger partial charge in [-0.2, -0.15) is 0 Å². The van der Waals surface area contributed by atoms with Gasteiger partial charge in [0.15, 0.2) is 9.84 Å². The van der Waals surface area contributed by atoms with Crippen LogP contribution in [0.15, 0.2) is 59.5 Å². The summed E-state index contributed by atoms with van der Waals surface area (Å²) in [4.78, 5) is 12.1. The van der Waals surface area contributed by atoms with E-state index in [4.69, 9.17) is 9.47 Å². The first-order valence-electron chi connectivity index (χ1n) is 9.41. The van der Waals surface area contributed by atoms with Gasteiger partial charge in [0.1, 0.15) is 6.61 Å². The molecule has 0 aliphatic carbocycles. The maximum absolute atomic E-state index is 12.0. The normalized spacial score (nSPS) is 12.2. The first-order chi connectivity index (χ1) is 14.4. The second-order valence-corrected chi connectivity index (χ2v) is 9.37. The van der Waals surface area contributed by atoms with Gasteiger partial charge in [-0.3, -0.25) is 0 Å². The van der Waals surface area contributed by atoms with E-state index in [0.29, 0.717) is 16.7 Å². The Balaban J connectivity index is 2.31. The monoisotopic (exact) mass is 496 g/mol. The second-order valence-electron chi connectivity index (χ2n) is 6.56. The molecule has 0 atom stereocenters. The highest BCUT2D eigenvalue weighted by Crippen LogP contribution is 2.27. The van der Waals surface area contributed by atoms with Crippen LogP contribution < -0.4 is 0 Å². The third-order valence-electron chi connectivity index (χ3n) is 4.36. The van der Waals surface area contributed by atoms with Crippen LogP contribution in [-0.4, -0.2) is 51.1 Å². The molecule has 0 aromatic heterocycles. The summed E-state index contributed by atoms with van der Waals surface area (Å²) >= 11 is 3.32. The summed E-state index contributed by atoms with van der Waals surface area (Å²) in [6.07, 6.45) is 1.95. The van der Waals surface area contributed by atoms with E-state index in [1.165, 1.54) is 12.1 Å². The molecule has 0 saturated carbocycles. The molecule has 0 spiro atoms. The fourth-order valence-electron chi connectivity index (χ4n) is 2.77. The maximum Gasteiger partial charge on any atom is 0.508 e. The van der Waals surface area contributed by atoms with Crippen molar-refractivity contribution in [1.82, 2.24) is 0 Å². The first kappa shape index (κ1) is 24.1. The SMILES string of the molecule is CS(=O)(=O)c1ccc(C(COC(=O)OCCCCBr)=C(CO)c2ccccc2)cc1. The smallest absolute Gasteiger partial charge is 0.434 e. The van der Waals surface area contributed by atoms with Gasteiger partial charge in [0.25, 0.3) is 0 Å². The van der Waals surface area contributed by atoms with E-state index in [-0.39, 0.29) is 24.7 Å². The minimum Gasteiger partial charge on any atom is -0.434 e. The molecule has 0 radical (unpaired) electrons. The molecule has 30 heavy (non-hydrogen) atoms. The number of alkyl halides is 1. The van der Waals surface area contributed by atoms with Gasteiger partial charge >= 0.3 is 6.16 Å². The summed E-state index contributed by atoms with van der Waals surface area (Å²) < 4.78 is 33.8. The van der Waals surface area contributed by atoms with Crippen LogP contribution in [0.2, 0.25) is 0 Å². The van der Waals surface area contributed by atoms with E-state index in [1.54, 1.807) is 12.1 Å². The lowest BCUT2D eigenvalue weighted by atomic mass is 9.95. The second kappa shape index (κ2) is 11.9. The molecular weight excluding hydrogens is 472 g/mol. The van der Waals surface area contributed by atoms with Crippen LogP contribution in [0.5, 0.6) is 0 Å². The molecule has 0 heterocycles. The van der Waals surface area contributed by atoms with Gasteiger partial charge in [-0.05, 0) is 41.7 Å². The Morgan fingerprint density at radius 3 is 2.13 bits per heavy atom. The number of hydrogen-bond donors (Lipinski definition) is 1. The predicted octanol–water partition coefficient (Wildman–Crippen LogP) is 4.32. The number of benzene rings is 2. The van der Waals surface area contributed by atoms with E-state index in [0.717, 1.165) is 30.0 Å². The van der Waals surface area contributed by atoms with Crippen molar-refractivity contribution in [3.8, 4) is 0 Å². The van der Waals surface area contributed by atoms with E-state index < -0.39 is 16.0 Å². The van der Waals surface area contributed by atoms with Crippen molar-refractivity contribution in [3.63, 3.8) is 0 Å². The quantitative estimate of drug-likeness (QED) is 0.228. The van der Waals surface area contributed by atoms with Crippen molar-refractivity contribution in [2.45, 2.75) is 17.7 Å². The molecule has 0 unspecified atom stereocenters. The lowest BCUT2D eigenvalue weighted by Gasteiger charge is -2.16. The number of carbonyl (C=O) groups excluding carboxylic acids is 1. The standard InChI is InChI=1S/C22H25BrO6S/c1-30(26,27)19-11-9-18(10-12-19)21(16-29-22(25)28-14-6-5-13-23)20(15-24)17-7-3-2-4-8-17/h2-4,7-12,24H,5-6,13-16H2,1H3. The van der Waals surface area contributed by atoms with E-state index in [9.17, 15) is 18.3 Å². The molecule has 2 rings (SSSR count). The number of carbonyl (C=O) groups is 1. The third kappa shape index (κ3) is 7.27. The lowest BCUT2D eigenvalue weighted by Crippen LogP contribution is -2.12. The molecule has 2 aromatic carbocycles. The number of rotatable bonds is 10. The van der Waals surface area contributed by atoms with Crippen LogP contribution in [0.1, 0.15) is 24.0 Å². The Morgan fingerprint density at radius 1 is 0.933 bits per heavy atom. The van der Waals surface area contributed by atoms with Crippen molar-refractivity contribution >= 4 is 43.1 Å². The summed E-state index contributed by atoms with van der Waals surface area (Å²) in [6, 6.07) is 15.5. The van der Waals surface area contributed by atoms with Crippen molar-refractivity contribution in [2.75, 3.05) is 31.4 Å². The molecular formula is C22H25BrO6S. The molecule has 8 heteroatoms. The third-order valence-corrected chi connectivity index (χ3v) is 6.05. The van der Waals surface area contributed by atoms with Gasteiger partial charge in [0, 0.05) is 17.2 Å². The highest BCUT2D eigenvalue weighted by molar-refractivity contribution is 9.09. The predicted molar refractivity (Wildman–Crippen MR) is 120 cm³/mol. The van der Waals surface area contributed by atoms with E-state index in [1.807, 2.05) is 30.3 Å². The largest absolute Gasteiger partial charge is 0.508 e. The zero-order valence-electron chi connectivity index (χ0n) is 16.7.